The van der Waals surface area contributed by atoms with Crippen molar-refractivity contribution in [3.8, 4) is 11.5 Å². The summed E-state index contributed by atoms with van der Waals surface area (Å²) in [6.07, 6.45) is 1.09. The maximum atomic E-state index is 8.84. The summed E-state index contributed by atoms with van der Waals surface area (Å²) in [5.41, 5.74) is 1.50. The molecule has 2 N–H and O–H groups in total. The first-order valence-corrected chi connectivity index (χ1v) is 7.82. The summed E-state index contributed by atoms with van der Waals surface area (Å²) in [6, 6.07) is 5.89. The van der Waals surface area contributed by atoms with E-state index in [-0.39, 0.29) is 24.2 Å². The fourth-order valence-corrected chi connectivity index (χ4v) is 2.83. The lowest BCUT2D eigenvalue weighted by atomic mass is 9.82. The van der Waals surface area contributed by atoms with Crippen LogP contribution in [-0.4, -0.2) is 31.0 Å². The highest BCUT2D eigenvalue weighted by molar-refractivity contribution is 5.43. The standard InChI is InChI=1S/C18H31NO3/c1-17(2,3)13-18(4,5)19-12-14-7-8-15(22-10-9-20)16(11-14)21-6/h7-8,11,19-20H,9-10,12-13H2,1-6H3. The highest BCUT2D eigenvalue weighted by atomic mass is 16.5. The Morgan fingerprint density at radius 2 is 1.77 bits per heavy atom. The minimum Gasteiger partial charge on any atom is -0.493 e. The number of aliphatic hydroxyl groups excluding tert-OH is 1. The molecule has 0 atom stereocenters. The maximum absolute atomic E-state index is 8.84. The SMILES string of the molecule is COc1cc(CNC(C)(C)CC(C)(C)C)ccc1OCCO. The molecule has 0 fully saturated rings. The third kappa shape index (κ3) is 6.67. The van der Waals surface area contributed by atoms with E-state index in [4.69, 9.17) is 14.6 Å². The van der Waals surface area contributed by atoms with E-state index in [1.54, 1.807) is 7.11 Å². The second-order valence-corrected chi connectivity index (χ2v) is 7.53. The van der Waals surface area contributed by atoms with Gasteiger partial charge in [0.1, 0.15) is 6.61 Å². The Morgan fingerprint density at radius 1 is 1.09 bits per heavy atom. The minimum atomic E-state index is -0.00649. The summed E-state index contributed by atoms with van der Waals surface area (Å²) < 4.78 is 10.8. The first-order chi connectivity index (χ1) is 10.2. The van der Waals surface area contributed by atoms with Crippen LogP contribution in [0.3, 0.4) is 0 Å². The minimum absolute atomic E-state index is 0.00649. The summed E-state index contributed by atoms with van der Waals surface area (Å²) >= 11 is 0. The number of rotatable bonds is 8. The van der Waals surface area contributed by atoms with Crippen LogP contribution >= 0.6 is 0 Å². The number of benzene rings is 1. The highest BCUT2D eigenvalue weighted by Crippen LogP contribution is 2.29. The first kappa shape index (κ1) is 18.8. The van der Waals surface area contributed by atoms with Gasteiger partial charge in [0.15, 0.2) is 11.5 Å². The van der Waals surface area contributed by atoms with E-state index in [2.05, 4.69) is 39.9 Å². The molecular formula is C18H31NO3. The Balaban J connectivity index is 2.70. The van der Waals surface area contributed by atoms with Gasteiger partial charge in [-0.05, 0) is 43.4 Å². The molecule has 0 saturated carbocycles. The van der Waals surface area contributed by atoms with Gasteiger partial charge in [-0.25, -0.2) is 0 Å². The van der Waals surface area contributed by atoms with Crippen molar-refractivity contribution in [2.75, 3.05) is 20.3 Å². The molecule has 22 heavy (non-hydrogen) atoms. The summed E-state index contributed by atoms with van der Waals surface area (Å²) in [7, 11) is 1.63. The Hall–Kier alpha value is -1.26. The van der Waals surface area contributed by atoms with Crippen molar-refractivity contribution >= 4 is 0 Å². The molecular weight excluding hydrogens is 278 g/mol. The van der Waals surface area contributed by atoms with Crippen LogP contribution in [0.15, 0.2) is 18.2 Å². The number of ether oxygens (including phenoxy) is 2. The van der Waals surface area contributed by atoms with E-state index in [0.717, 1.165) is 18.5 Å². The van der Waals surface area contributed by atoms with Gasteiger partial charge in [-0.1, -0.05) is 26.8 Å². The summed E-state index contributed by atoms with van der Waals surface area (Å²) in [6.45, 7) is 12.3. The van der Waals surface area contributed by atoms with E-state index < -0.39 is 0 Å². The molecule has 0 aromatic heterocycles. The average molecular weight is 309 g/mol. The van der Waals surface area contributed by atoms with Crippen LogP contribution in [0.5, 0.6) is 11.5 Å². The van der Waals surface area contributed by atoms with Gasteiger partial charge < -0.3 is 19.9 Å². The second-order valence-electron chi connectivity index (χ2n) is 7.53. The zero-order chi connectivity index (χ0) is 16.8. The van der Waals surface area contributed by atoms with Crippen LogP contribution in [0, 0.1) is 5.41 Å². The van der Waals surface area contributed by atoms with Gasteiger partial charge in [-0.3, -0.25) is 0 Å². The van der Waals surface area contributed by atoms with Gasteiger partial charge in [0.05, 0.1) is 13.7 Å². The smallest absolute Gasteiger partial charge is 0.161 e. The van der Waals surface area contributed by atoms with Crippen LogP contribution in [0.25, 0.3) is 0 Å². The van der Waals surface area contributed by atoms with Crippen molar-refractivity contribution in [3.05, 3.63) is 23.8 Å². The summed E-state index contributed by atoms with van der Waals surface area (Å²) in [5.74, 6) is 1.36. The number of hydrogen-bond donors (Lipinski definition) is 2. The molecule has 1 rings (SSSR count). The molecule has 0 spiro atoms. The molecule has 4 heteroatoms. The molecule has 1 aromatic carbocycles. The van der Waals surface area contributed by atoms with Crippen LogP contribution in [0.1, 0.15) is 46.6 Å². The third-order valence-electron chi connectivity index (χ3n) is 3.32. The molecule has 4 nitrogen and oxygen atoms in total. The monoisotopic (exact) mass is 309 g/mol. The molecule has 0 bridgehead atoms. The lowest BCUT2D eigenvalue weighted by Crippen LogP contribution is -2.41. The fraction of sp³-hybridized carbons (Fsp3) is 0.667. The third-order valence-corrected chi connectivity index (χ3v) is 3.32. The van der Waals surface area contributed by atoms with Crippen molar-refractivity contribution in [2.24, 2.45) is 5.41 Å². The van der Waals surface area contributed by atoms with Gasteiger partial charge in [-0.2, -0.15) is 0 Å². The Kier molecular flexibility index (Phi) is 6.69. The van der Waals surface area contributed by atoms with Crippen LogP contribution < -0.4 is 14.8 Å². The molecule has 126 valence electrons. The number of hydrogen-bond acceptors (Lipinski definition) is 4. The van der Waals surface area contributed by atoms with E-state index in [1.807, 2.05) is 18.2 Å². The van der Waals surface area contributed by atoms with Crippen LogP contribution in [-0.2, 0) is 6.54 Å². The molecule has 0 radical (unpaired) electrons. The van der Waals surface area contributed by atoms with Crippen molar-refractivity contribution < 1.29 is 14.6 Å². The summed E-state index contributed by atoms with van der Waals surface area (Å²) in [5, 5.41) is 12.4. The predicted octanol–water partition coefficient (Wildman–Crippen LogP) is 3.37. The van der Waals surface area contributed by atoms with Gasteiger partial charge in [0.2, 0.25) is 0 Å². The lowest BCUT2D eigenvalue weighted by molar-refractivity contribution is 0.196. The predicted molar refractivity (Wildman–Crippen MR) is 90.6 cm³/mol. The van der Waals surface area contributed by atoms with Crippen molar-refractivity contribution in [1.29, 1.82) is 0 Å². The van der Waals surface area contributed by atoms with E-state index >= 15 is 0 Å². The maximum Gasteiger partial charge on any atom is 0.161 e. The molecule has 0 aliphatic heterocycles. The Morgan fingerprint density at radius 3 is 2.32 bits per heavy atom. The zero-order valence-corrected chi connectivity index (χ0v) is 14.8. The molecule has 0 unspecified atom stereocenters. The van der Waals surface area contributed by atoms with Crippen LogP contribution in [0.4, 0.5) is 0 Å². The van der Waals surface area contributed by atoms with Gasteiger partial charge in [-0.15, -0.1) is 0 Å². The first-order valence-electron chi connectivity index (χ1n) is 7.82. The number of methoxy groups -OCH3 is 1. The number of nitrogens with one attached hydrogen (secondary N) is 1. The molecule has 0 heterocycles. The van der Waals surface area contributed by atoms with E-state index in [0.29, 0.717) is 11.5 Å². The average Bonchev–Trinajstić information content (AvgIpc) is 2.40. The Labute approximate surface area is 134 Å². The molecule has 0 saturated heterocycles. The largest absolute Gasteiger partial charge is 0.493 e. The number of aliphatic hydroxyl groups is 1. The van der Waals surface area contributed by atoms with Crippen molar-refractivity contribution in [2.45, 2.75) is 53.1 Å². The van der Waals surface area contributed by atoms with Crippen molar-refractivity contribution in [1.82, 2.24) is 5.32 Å². The lowest BCUT2D eigenvalue weighted by Gasteiger charge is -2.33. The quantitative estimate of drug-likeness (QED) is 0.773. The highest BCUT2D eigenvalue weighted by Gasteiger charge is 2.24. The molecule has 0 aliphatic carbocycles. The topological polar surface area (TPSA) is 50.7 Å². The summed E-state index contributed by atoms with van der Waals surface area (Å²) in [4.78, 5) is 0. The van der Waals surface area contributed by atoms with E-state index in [9.17, 15) is 0 Å². The van der Waals surface area contributed by atoms with Gasteiger partial charge in [0.25, 0.3) is 0 Å². The molecule has 0 amide bonds. The molecule has 1 aromatic rings. The van der Waals surface area contributed by atoms with Crippen molar-refractivity contribution in [3.63, 3.8) is 0 Å². The van der Waals surface area contributed by atoms with E-state index in [1.165, 1.54) is 0 Å². The van der Waals surface area contributed by atoms with Gasteiger partial charge in [0, 0.05) is 12.1 Å². The Bertz CT molecular complexity index is 464. The van der Waals surface area contributed by atoms with Gasteiger partial charge >= 0.3 is 0 Å². The second kappa shape index (κ2) is 7.84. The molecule has 0 aliphatic rings. The normalized spacial score (nSPS) is 12.3. The van der Waals surface area contributed by atoms with Crippen LogP contribution in [0.2, 0.25) is 0 Å². The zero-order valence-electron chi connectivity index (χ0n) is 14.8. The fourth-order valence-electron chi connectivity index (χ4n) is 2.83.